The topological polar surface area (TPSA) is 119 Å². The number of rotatable bonds is 7. The highest BCUT2D eigenvalue weighted by Crippen LogP contribution is 2.45. The molecule has 1 aliphatic rings. The van der Waals surface area contributed by atoms with E-state index in [4.69, 9.17) is 9.72 Å². The van der Waals surface area contributed by atoms with E-state index >= 15 is 0 Å². The first-order chi connectivity index (χ1) is 18.3. The zero-order valence-electron chi connectivity index (χ0n) is 20.4. The molecule has 0 saturated heterocycles. The number of anilines is 1. The molecule has 0 amide bonds. The maximum absolute atomic E-state index is 13.4. The molecule has 1 aliphatic carbocycles. The quantitative estimate of drug-likeness (QED) is 0.313. The number of benzene rings is 1. The van der Waals surface area contributed by atoms with Gasteiger partial charge in [0.05, 0.1) is 30.5 Å². The molecule has 4 heterocycles. The average Bonchev–Trinajstić information content (AvgIpc) is 3.50. The highest BCUT2D eigenvalue weighted by Gasteiger charge is 2.36. The second-order valence-corrected chi connectivity index (χ2v) is 9.01. The van der Waals surface area contributed by atoms with Crippen LogP contribution in [-0.2, 0) is 12.7 Å². The first-order valence-corrected chi connectivity index (χ1v) is 11.9. The van der Waals surface area contributed by atoms with Crippen molar-refractivity contribution in [1.29, 1.82) is 0 Å². The maximum atomic E-state index is 13.4. The fraction of sp³-hybridized carbons (Fsp3) is 0.280. The van der Waals surface area contributed by atoms with Crippen LogP contribution < -0.4 is 10.1 Å². The van der Waals surface area contributed by atoms with E-state index < -0.39 is 11.9 Å². The molecule has 0 atom stereocenters. The van der Waals surface area contributed by atoms with Crippen LogP contribution in [0, 0.1) is 6.92 Å². The Bertz CT molecular complexity index is 1620. The van der Waals surface area contributed by atoms with Gasteiger partial charge in [0.25, 0.3) is 0 Å². The molecule has 0 bridgehead atoms. The molecule has 6 rings (SSSR count). The lowest BCUT2D eigenvalue weighted by molar-refractivity contribution is -0.142. The number of aromatic nitrogens is 8. The number of imidazole rings is 1. The van der Waals surface area contributed by atoms with Crippen LogP contribution in [0.3, 0.4) is 0 Å². The van der Waals surface area contributed by atoms with Crippen molar-refractivity contribution >= 4 is 17.0 Å². The minimum atomic E-state index is -4.51. The lowest BCUT2D eigenvalue weighted by Gasteiger charge is -2.13. The van der Waals surface area contributed by atoms with Crippen LogP contribution in [0.4, 0.5) is 19.0 Å². The molecule has 4 aromatic heterocycles. The Morgan fingerprint density at radius 3 is 2.61 bits per heavy atom. The van der Waals surface area contributed by atoms with Crippen LogP contribution in [0.25, 0.3) is 28.2 Å². The van der Waals surface area contributed by atoms with Crippen LogP contribution in [0.5, 0.6) is 5.88 Å². The minimum absolute atomic E-state index is 0.288. The molecule has 0 unspecified atom stereocenters. The summed E-state index contributed by atoms with van der Waals surface area (Å²) < 4.78 is 46.6. The van der Waals surface area contributed by atoms with Gasteiger partial charge in [-0.2, -0.15) is 18.3 Å². The maximum Gasteiger partial charge on any atom is 0.433 e. The van der Waals surface area contributed by atoms with Crippen molar-refractivity contribution in [3.8, 4) is 23.0 Å². The molecule has 13 heteroatoms. The van der Waals surface area contributed by atoms with E-state index in [1.165, 1.54) is 19.6 Å². The lowest BCUT2D eigenvalue weighted by atomic mass is 10.1. The SMILES string of the molecule is COc1ncnc(C2CC2)c1-c1nc(NCc2ccc(-n3nc(C)cc3C(F)(F)F)cc2)c2[nH]cnc2n1. The molecule has 5 aromatic rings. The van der Waals surface area contributed by atoms with E-state index in [0.29, 0.717) is 52.4 Å². The molecule has 1 saturated carbocycles. The standard InChI is InChI=1S/C25H22F3N9O/c1-13-9-17(25(26,27)28)37(36-13)16-7-3-14(4-8-16)10-29-22-20-23(32-11-31-20)35-21(34-22)18-19(15-5-6-15)30-12-33-24(18)38-2/h3-4,7-9,11-12,15H,5-6,10H2,1-2H3,(H2,29,31,32,34,35). The second kappa shape index (κ2) is 9.08. The molecule has 38 heavy (non-hydrogen) atoms. The van der Waals surface area contributed by atoms with Crippen molar-refractivity contribution in [2.45, 2.75) is 38.4 Å². The minimum Gasteiger partial charge on any atom is -0.480 e. The van der Waals surface area contributed by atoms with Gasteiger partial charge in [0, 0.05) is 12.5 Å². The number of nitrogens with zero attached hydrogens (tertiary/aromatic N) is 7. The van der Waals surface area contributed by atoms with E-state index in [1.54, 1.807) is 31.4 Å². The van der Waals surface area contributed by atoms with Crippen molar-refractivity contribution < 1.29 is 17.9 Å². The lowest BCUT2D eigenvalue weighted by Crippen LogP contribution is -2.13. The summed E-state index contributed by atoms with van der Waals surface area (Å²) >= 11 is 0. The highest BCUT2D eigenvalue weighted by atomic mass is 19.4. The highest BCUT2D eigenvalue weighted by molar-refractivity contribution is 5.85. The van der Waals surface area contributed by atoms with Crippen LogP contribution in [-0.4, -0.2) is 46.8 Å². The van der Waals surface area contributed by atoms with Gasteiger partial charge >= 0.3 is 6.18 Å². The molecule has 0 aliphatic heterocycles. The Morgan fingerprint density at radius 1 is 1.11 bits per heavy atom. The largest absolute Gasteiger partial charge is 0.480 e. The van der Waals surface area contributed by atoms with Gasteiger partial charge in [-0.25, -0.2) is 29.6 Å². The molecule has 2 N–H and O–H groups in total. The number of ether oxygens (including phenoxy) is 1. The number of nitrogens with one attached hydrogen (secondary N) is 2. The fourth-order valence-corrected chi connectivity index (χ4v) is 4.33. The number of halogens is 3. The number of methoxy groups -OCH3 is 1. The Kier molecular flexibility index (Phi) is 5.69. The predicted octanol–water partition coefficient (Wildman–Crippen LogP) is 4.82. The number of hydrogen-bond donors (Lipinski definition) is 2. The van der Waals surface area contributed by atoms with E-state index in [1.807, 2.05) is 0 Å². The third-order valence-electron chi connectivity index (χ3n) is 6.27. The monoisotopic (exact) mass is 521 g/mol. The normalized spacial score (nSPS) is 13.7. The Hall–Kier alpha value is -4.55. The van der Waals surface area contributed by atoms with E-state index in [2.05, 4.69) is 35.3 Å². The van der Waals surface area contributed by atoms with Crippen LogP contribution in [0.2, 0.25) is 0 Å². The summed E-state index contributed by atoms with van der Waals surface area (Å²) in [5.74, 6) is 1.62. The van der Waals surface area contributed by atoms with E-state index in [0.717, 1.165) is 34.8 Å². The zero-order valence-corrected chi connectivity index (χ0v) is 20.4. The summed E-state index contributed by atoms with van der Waals surface area (Å²) in [6.07, 6.45) is 0.568. The third kappa shape index (κ3) is 4.40. The molecule has 1 aromatic carbocycles. The summed E-state index contributed by atoms with van der Waals surface area (Å²) in [6, 6.07) is 7.71. The summed E-state index contributed by atoms with van der Waals surface area (Å²) in [4.78, 5) is 25.5. The third-order valence-corrected chi connectivity index (χ3v) is 6.27. The zero-order chi connectivity index (χ0) is 26.4. The molecule has 0 spiro atoms. The number of aromatic amines is 1. The van der Waals surface area contributed by atoms with Crippen LogP contribution >= 0.6 is 0 Å². The first kappa shape index (κ1) is 23.8. The summed E-state index contributed by atoms with van der Waals surface area (Å²) in [7, 11) is 1.54. The first-order valence-electron chi connectivity index (χ1n) is 11.9. The number of hydrogen-bond acceptors (Lipinski definition) is 8. The Morgan fingerprint density at radius 2 is 1.89 bits per heavy atom. The van der Waals surface area contributed by atoms with Gasteiger partial charge in [-0.3, -0.25) is 0 Å². The fourth-order valence-electron chi connectivity index (χ4n) is 4.33. The molecule has 10 nitrogen and oxygen atoms in total. The van der Waals surface area contributed by atoms with Gasteiger partial charge < -0.3 is 15.0 Å². The van der Waals surface area contributed by atoms with Gasteiger partial charge in [-0.05, 0) is 43.5 Å². The van der Waals surface area contributed by atoms with Crippen molar-refractivity contribution in [2.75, 3.05) is 12.4 Å². The van der Waals surface area contributed by atoms with Crippen LogP contribution in [0.1, 0.15) is 41.4 Å². The van der Waals surface area contributed by atoms with Crippen molar-refractivity contribution in [3.05, 3.63) is 65.6 Å². The van der Waals surface area contributed by atoms with Gasteiger partial charge in [0.15, 0.2) is 17.3 Å². The van der Waals surface area contributed by atoms with Gasteiger partial charge in [-0.1, -0.05) is 12.1 Å². The van der Waals surface area contributed by atoms with Gasteiger partial charge in [-0.15, -0.1) is 0 Å². The summed E-state index contributed by atoms with van der Waals surface area (Å²) in [5.41, 5.74) is 3.20. The number of H-pyrrole nitrogens is 1. The number of fused-ring (bicyclic) bond motifs is 1. The van der Waals surface area contributed by atoms with Gasteiger partial charge in [0.2, 0.25) is 5.88 Å². The van der Waals surface area contributed by atoms with E-state index in [9.17, 15) is 13.2 Å². The number of aryl methyl sites for hydroxylation is 1. The van der Waals surface area contributed by atoms with Crippen molar-refractivity contribution in [1.82, 2.24) is 39.7 Å². The summed E-state index contributed by atoms with van der Waals surface area (Å²) in [5, 5.41) is 7.30. The Labute approximate surface area is 214 Å². The second-order valence-electron chi connectivity index (χ2n) is 9.01. The molecule has 194 valence electrons. The molecular weight excluding hydrogens is 499 g/mol. The van der Waals surface area contributed by atoms with Gasteiger partial charge in [0.1, 0.15) is 23.1 Å². The molecule has 1 fully saturated rings. The van der Waals surface area contributed by atoms with Crippen LogP contribution in [0.15, 0.2) is 43.0 Å². The predicted molar refractivity (Wildman–Crippen MR) is 132 cm³/mol. The van der Waals surface area contributed by atoms with E-state index in [-0.39, 0.29) is 5.69 Å². The smallest absolute Gasteiger partial charge is 0.433 e. The Balaban J connectivity index is 1.30. The number of alkyl halides is 3. The molecule has 0 radical (unpaired) electrons. The molecular formula is C25H22F3N9O. The summed E-state index contributed by atoms with van der Waals surface area (Å²) in [6.45, 7) is 1.88. The van der Waals surface area contributed by atoms with Crippen molar-refractivity contribution in [2.24, 2.45) is 0 Å². The average molecular weight is 522 g/mol. The van der Waals surface area contributed by atoms with Crippen molar-refractivity contribution in [3.63, 3.8) is 0 Å².